The number of nitrogens with one attached hydrogen (secondary N) is 2. The molecule has 1 saturated heterocycles. The number of nitrogens with zero attached hydrogens (tertiary/aromatic N) is 2. The van der Waals surface area contributed by atoms with Crippen LogP contribution in [0.1, 0.15) is 12.8 Å². The maximum absolute atomic E-state index is 13.0. The number of halogens is 3. The van der Waals surface area contributed by atoms with Gasteiger partial charge in [0, 0.05) is 59.4 Å². The average molecular weight is 542 g/mol. The number of pyridine rings is 1. The molecule has 11 heteroatoms. The second kappa shape index (κ2) is 10.7. The first-order valence-electron chi connectivity index (χ1n) is 10.8. The Balaban J connectivity index is 1.27. The third-order valence-electron chi connectivity index (χ3n) is 5.78. The maximum atomic E-state index is 13.0. The molecule has 4 rings (SSSR count). The number of fused-ring (bicyclic) bond motifs is 1. The molecular weight excluding hydrogens is 519 g/mol. The SMILES string of the molecule is O=C(NCCNc1ccnc2cc(Cl)ccc12)C1CCN(S(=O)(=O)c2cc(Cl)ccc2Cl)CC1. The van der Waals surface area contributed by atoms with E-state index in [0.29, 0.717) is 36.0 Å². The van der Waals surface area contributed by atoms with E-state index < -0.39 is 10.0 Å². The minimum absolute atomic E-state index is 0.0125. The van der Waals surface area contributed by atoms with Crippen LogP contribution in [0.15, 0.2) is 53.6 Å². The van der Waals surface area contributed by atoms with Gasteiger partial charge in [-0.15, -0.1) is 0 Å². The molecule has 7 nitrogen and oxygen atoms in total. The highest BCUT2D eigenvalue weighted by Gasteiger charge is 2.33. The zero-order valence-corrected chi connectivity index (χ0v) is 21.2. The largest absolute Gasteiger partial charge is 0.383 e. The summed E-state index contributed by atoms with van der Waals surface area (Å²) in [5.41, 5.74) is 1.71. The third kappa shape index (κ3) is 5.58. The van der Waals surface area contributed by atoms with Crippen molar-refractivity contribution in [2.45, 2.75) is 17.7 Å². The van der Waals surface area contributed by atoms with Crippen LogP contribution < -0.4 is 10.6 Å². The summed E-state index contributed by atoms with van der Waals surface area (Å²) in [6, 6.07) is 11.8. The van der Waals surface area contributed by atoms with Crippen LogP contribution in [0, 0.1) is 5.92 Å². The lowest BCUT2D eigenvalue weighted by molar-refractivity contribution is -0.126. The summed E-state index contributed by atoms with van der Waals surface area (Å²) in [5.74, 6) is -0.323. The van der Waals surface area contributed by atoms with E-state index in [4.69, 9.17) is 34.8 Å². The third-order valence-corrected chi connectivity index (χ3v) is 8.63. The van der Waals surface area contributed by atoms with E-state index in [0.717, 1.165) is 16.6 Å². The summed E-state index contributed by atoms with van der Waals surface area (Å²) in [5, 5.41) is 8.25. The van der Waals surface area contributed by atoms with Crippen molar-refractivity contribution in [2.75, 3.05) is 31.5 Å². The van der Waals surface area contributed by atoms with Crippen LogP contribution in [-0.4, -0.2) is 49.8 Å². The molecule has 3 aromatic rings. The molecule has 1 aliphatic rings. The van der Waals surface area contributed by atoms with Gasteiger partial charge in [0.25, 0.3) is 0 Å². The van der Waals surface area contributed by atoms with E-state index >= 15 is 0 Å². The Morgan fingerprint density at radius 2 is 1.71 bits per heavy atom. The van der Waals surface area contributed by atoms with Gasteiger partial charge < -0.3 is 10.6 Å². The van der Waals surface area contributed by atoms with Gasteiger partial charge in [0.05, 0.1) is 10.5 Å². The van der Waals surface area contributed by atoms with E-state index in [9.17, 15) is 13.2 Å². The molecule has 0 aliphatic carbocycles. The molecule has 34 heavy (non-hydrogen) atoms. The quantitative estimate of drug-likeness (QED) is 0.418. The summed E-state index contributed by atoms with van der Waals surface area (Å²) < 4.78 is 27.3. The molecule has 0 unspecified atom stereocenters. The Morgan fingerprint density at radius 1 is 1.00 bits per heavy atom. The fraction of sp³-hybridized carbons (Fsp3) is 0.304. The van der Waals surface area contributed by atoms with Gasteiger partial charge in [-0.3, -0.25) is 9.78 Å². The lowest BCUT2D eigenvalue weighted by atomic mass is 9.97. The van der Waals surface area contributed by atoms with E-state index in [2.05, 4.69) is 15.6 Å². The minimum Gasteiger partial charge on any atom is -0.383 e. The Morgan fingerprint density at radius 3 is 2.47 bits per heavy atom. The number of hydrogen-bond donors (Lipinski definition) is 2. The molecule has 2 aromatic carbocycles. The van der Waals surface area contributed by atoms with Crippen LogP contribution in [0.2, 0.25) is 15.1 Å². The number of rotatable bonds is 7. The molecule has 0 radical (unpaired) electrons. The molecule has 180 valence electrons. The molecule has 1 aliphatic heterocycles. The molecule has 0 spiro atoms. The molecule has 1 amide bonds. The number of amides is 1. The summed E-state index contributed by atoms with van der Waals surface area (Å²) in [6.45, 7) is 1.46. The normalized spacial score (nSPS) is 15.4. The summed E-state index contributed by atoms with van der Waals surface area (Å²) in [7, 11) is -3.77. The van der Waals surface area contributed by atoms with Crippen molar-refractivity contribution in [1.29, 1.82) is 0 Å². The fourth-order valence-corrected chi connectivity index (χ4v) is 6.35. The second-order valence-electron chi connectivity index (χ2n) is 7.99. The van der Waals surface area contributed by atoms with Gasteiger partial charge in [0.2, 0.25) is 15.9 Å². The number of hydrogen-bond acceptors (Lipinski definition) is 5. The van der Waals surface area contributed by atoms with Gasteiger partial charge in [-0.1, -0.05) is 34.8 Å². The smallest absolute Gasteiger partial charge is 0.244 e. The Labute approximate surface area is 213 Å². The number of benzene rings is 2. The number of piperidine rings is 1. The monoisotopic (exact) mass is 540 g/mol. The van der Waals surface area contributed by atoms with Crippen molar-refractivity contribution in [3.63, 3.8) is 0 Å². The Hall–Kier alpha value is -2.10. The molecule has 2 heterocycles. The first-order chi connectivity index (χ1) is 16.3. The summed E-state index contributed by atoms with van der Waals surface area (Å²) in [4.78, 5) is 16.9. The van der Waals surface area contributed by atoms with Crippen LogP contribution in [0.5, 0.6) is 0 Å². The average Bonchev–Trinajstić information content (AvgIpc) is 2.83. The van der Waals surface area contributed by atoms with Gasteiger partial charge in [-0.2, -0.15) is 4.31 Å². The van der Waals surface area contributed by atoms with Gasteiger partial charge in [0.15, 0.2) is 0 Å². The Bertz CT molecular complexity index is 1310. The van der Waals surface area contributed by atoms with E-state index in [1.54, 1.807) is 18.3 Å². The minimum atomic E-state index is -3.77. The van der Waals surface area contributed by atoms with Gasteiger partial charge in [-0.25, -0.2) is 8.42 Å². The van der Waals surface area contributed by atoms with Crippen LogP contribution in [0.25, 0.3) is 10.9 Å². The highest BCUT2D eigenvalue weighted by Crippen LogP contribution is 2.30. The summed E-state index contributed by atoms with van der Waals surface area (Å²) >= 11 is 18.1. The molecule has 1 aromatic heterocycles. The summed E-state index contributed by atoms with van der Waals surface area (Å²) in [6.07, 6.45) is 2.58. The maximum Gasteiger partial charge on any atom is 0.244 e. The van der Waals surface area contributed by atoms with Crippen molar-refractivity contribution in [3.8, 4) is 0 Å². The fourth-order valence-electron chi connectivity index (χ4n) is 3.97. The Kier molecular flexibility index (Phi) is 7.84. The topological polar surface area (TPSA) is 91.4 Å². The van der Waals surface area contributed by atoms with Gasteiger partial charge in [-0.05, 0) is 55.3 Å². The first kappa shape index (κ1) is 25.0. The van der Waals surface area contributed by atoms with Gasteiger partial charge >= 0.3 is 0 Å². The standard InChI is InChI=1S/C23H23Cl3N4O3S/c24-16-1-3-18-20(5-8-27-21(18)13-16)28-9-10-29-23(31)15-6-11-30(12-7-15)34(32,33)22-14-17(25)2-4-19(22)26/h1-5,8,13-15H,6-7,9-12H2,(H,27,28)(H,29,31). The number of aromatic nitrogens is 1. The molecule has 0 saturated carbocycles. The number of carbonyl (C=O) groups excluding carboxylic acids is 1. The van der Waals surface area contributed by atoms with Crippen molar-refractivity contribution < 1.29 is 13.2 Å². The van der Waals surface area contributed by atoms with Crippen molar-refractivity contribution in [1.82, 2.24) is 14.6 Å². The molecule has 0 atom stereocenters. The first-order valence-corrected chi connectivity index (χ1v) is 13.3. The lowest BCUT2D eigenvalue weighted by Gasteiger charge is -2.30. The van der Waals surface area contributed by atoms with Crippen molar-refractivity contribution in [3.05, 3.63) is 63.7 Å². The van der Waals surface area contributed by atoms with Crippen molar-refractivity contribution >= 4 is 67.3 Å². The predicted octanol–water partition coefficient (Wildman–Crippen LogP) is 4.82. The lowest BCUT2D eigenvalue weighted by Crippen LogP contribution is -2.43. The highest BCUT2D eigenvalue weighted by molar-refractivity contribution is 7.89. The van der Waals surface area contributed by atoms with Crippen LogP contribution in [0.4, 0.5) is 5.69 Å². The number of anilines is 1. The van der Waals surface area contributed by atoms with E-state index in [-0.39, 0.29) is 34.8 Å². The second-order valence-corrected chi connectivity index (χ2v) is 11.2. The molecular formula is C23H23Cl3N4O3S. The predicted molar refractivity (Wildman–Crippen MR) is 136 cm³/mol. The number of sulfonamides is 1. The van der Waals surface area contributed by atoms with Crippen LogP contribution in [-0.2, 0) is 14.8 Å². The number of carbonyl (C=O) groups is 1. The van der Waals surface area contributed by atoms with Crippen molar-refractivity contribution in [2.24, 2.45) is 5.92 Å². The highest BCUT2D eigenvalue weighted by atomic mass is 35.5. The van der Waals surface area contributed by atoms with Crippen LogP contribution >= 0.6 is 34.8 Å². The zero-order valence-electron chi connectivity index (χ0n) is 18.1. The van der Waals surface area contributed by atoms with E-state index in [1.165, 1.54) is 16.4 Å². The van der Waals surface area contributed by atoms with Crippen LogP contribution in [0.3, 0.4) is 0 Å². The molecule has 0 bridgehead atoms. The van der Waals surface area contributed by atoms with Gasteiger partial charge in [0.1, 0.15) is 4.90 Å². The van der Waals surface area contributed by atoms with E-state index in [1.807, 2.05) is 18.2 Å². The molecule has 1 fully saturated rings. The zero-order chi connectivity index (χ0) is 24.3. The molecule has 2 N–H and O–H groups in total.